The van der Waals surface area contributed by atoms with Crippen molar-refractivity contribution in [2.24, 2.45) is 0 Å². The Kier molecular flexibility index (Phi) is 5.41. The third-order valence-electron chi connectivity index (χ3n) is 2.31. The number of imidazole rings is 1. The quantitative estimate of drug-likeness (QED) is 0.643. The molecule has 3 N–H and O–H groups in total. The summed E-state index contributed by atoms with van der Waals surface area (Å²) in [5.74, 6) is 1.38. The van der Waals surface area contributed by atoms with Gasteiger partial charge in [-0.1, -0.05) is 0 Å². The molecule has 0 bridgehead atoms. The molecule has 0 aromatic carbocycles. The molecule has 2 amide bonds. The number of carbonyl (C=O) groups excluding carboxylic acids is 1. The van der Waals surface area contributed by atoms with Crippen molar-refractivity contribution in [3.05, 3.63) is 18.2 Å². The highest BCUT2D eigenvalue weighted by atomic mass is 16.4. The van der Waals surface area contributed by atoms with E-state index in [4.69, 9.17) is 11.5 Å². The number of nitrogens with zero attached hydrogens (tertiary/aromatic N) is 2. The first-order valence-electron chi connectivity index (χ1n) is 5.76. The van der Waals surface area contributed by atoms with Gasteiger partial charge in [0.05, 0.1) is 6.33 Å². The van der Waals surface area contributed by atoms with Crippen LogP contribution in [0.15, 0.2) is 12.5 Å². The molecular formula is C12H16N4O3. The molecule has 102 valence electrons. The molecule has 1 rings (SSSR count). The van der Waals surface area contributed by atoms with E-state index in [2.05, 4.69) is 21.5 Å². The predicted octanol–water partition coefficient (Wildman–Crippen LogP) is 0.292. The van der Waals surface area contributed by atoms with Gasteiger partial charge in [0.15, 0.2) is 5.69 Å². The first-order chi connectivity index (χ1) is 9.02. The Bertz CT molecular complexity index is 489. The minimum atomic E-state index is -1.08. The third-order valence-corrected chi connectivity index (χ3v) is 2.31. The van der Waals surface area contributed by atoms with Crippen LogP contribution in [0.5, 0.6) is 0 Å². The van der Waals surface area contributed by atoms with E-state index in [-0.39, 0.29) is 17.8 Å². The fourth-order valence-electron chi connectivity index (χ4n) is 1.39. The van der Waals surface area contributed by atoms with E-state index < -0.39 is 5.97 Å². The zero-order chi connectivity index (χ0) is 14.3. The Balaban J connectivity index is 2.28. The summed E-state index contributed by atoms with van der Waals surface area (Å²) in [5, 5.41) is 14.0. The lowest BCUT2D eigenvalue weighted by atomic mass is 10.2. The topological polar surface area (TPSA) is 96.3 Å². The highest BCUT2D eigenvalue weighted by Gasteiger charge is 2.07. The molecule has 0 aliphatic carbocycles. The maximum Gasteiger partial charge on any atom is 0.356 e. The first kappa shape index (κ1) is 14.6. The molecule has 1 atom stereocenters. The zero-order valence-corrected chi connectivity index (χ0v) is 10.6. The van der Waals surface area contributed by atoms with E-state index >= 15 is 0 Å². The number of carbonyl (C=O) groups is 2. The van der Waals surface area contributed by atoms with Crippen molar-refractivity contribution in [3.63, 3.8) is 0 Å². The number of amides is 2. The van der Waals surface area contributed by atoms with Crippen LogP contribution in [0.1, 0.15) is 23.8 Å². The summed E-state index contributed by atoms with van der Waals surface area (Å²) in [4.78, 5) is 25.7. The van der Waals surface area contributed by atoms with Crippen LogP contribution in [0.4, 0.5) is 4.79 Å². The van der Waals surface area contributed by atoms with Gasteiger partial charge in [-0.2, -0.15) is 0 Å². The van der Waals surface area contributed by atoms with Gasteiger partial charge in [-0.3, -0.25) is 0 Å². The van der Waals surface area contributed by atoms with E-state index in [1.54, 1.807) is 4.57 Å². The van der Waals surface area contributed by atoms with Gasteiger partial charge in [0.25, 0.3) is 0 Å². The smallest absolute Gasteiger partial charge is 0.356 e. The Morgan fingerprint density at radius 1 is 1.63 bits per heavy atom. The minimum absolute atomic E-state index is 0.0212. The van der Waals surface area contributed by atoms with Gasteiger partial charge in [-0.15, -0.1) is 12.3 Å². The molecule has 7 heteroatoms. The second-order valence-corrected chi connectivity index (χ2v) is 4.01. The Morgan fingerprint density at radius 2 is 2.37 bits per heavy atom. The molecule has 0 saturated carbocycles. The normalized spacial score (nSPS) is 11.4. The number of hydrogen-bond acceptors (Lipinski definition) is 3. The van der Waals surface area contributed by atoms with Crippen LogP contribution in [0.2, 0.25) is 0 Å². The Hall–Kier alpha value is -2.49. The van der Waals surface area contributed by atoms with Crippen molar-refractivity contribution in [1.82, 2.24) is 20.2 Å². The van der Waals surface area contributed by atoms with Crippen molar-refractivity contribution >= 4 is 12.0 Å². The number of carboxylic acids is 1. The van der Waals surface area contributed by atoms with Crippen molar-refractivity contribution in [3.8, 4) is 12.3 Å². The average molecular weight is 264 g/mol. The van der Waals surface area contributed by atoms with E-state index in [0.29, 0.717) is 19.5 Å². The van der Waals surface area contributed by atoms with E-state index in [0.717, 1.165) is 0 Å². The molecule has 0 saturated heterocycles. The van der Waals surface area contributed by atoms with Crippen LogP contribution < -0.4 is 10.6 Å². The molecule has 1 aromatic heterocycles. The number of urea groups is 1. The van der Waals surface area contributed by atoms with Gasteiger partial charge in [-0.25, -0.2) is 14.6 Å². The lowest BCUT2D eigenvalue weighted by Crippen LogP contribution is -2.41. The van der Waals surface area contributed by atoms with Crippen molar-refractivity contribution in [1.29, 1.82) is 0 Å². The maximum atomic E-state index is 11.4. The fraction of sp³-hybridized carbons (Fsp3) is 0.417. The summed E-state index contributed by atoms with van der Waals surface area (Å²) in [5.41, 5.74) is -0.0212. The Morgan fingerprint density at radius 3 is 2.95 bits per heavy atom. The van der Waals surface area contributed by atoms with Gasteiger partial charge >= 0.3 is 12.0 Å². The Labute approximate surface area is 111 Å². The van der Waals surface area contributed by atoms with Crippen molar-refractivity contribution in [2.75, 3.05) is 6.54 Å². The molecule has 19 heavy (non-hydrogen) atoms. The van der Waals surface area contributed by atoms with Crippen LogP contribution >= 0.6 is 0 Å². The van der Waals surface area contributed by atoms with Gasteiger partial charge in [0.2, 0.25) is 0 Å². The van der Waals surface area contributed by atoms with Gasteiger partial charge < -0.3 is 20.3 Å². The molecule has 0 aliphatic heterocycles. The number of aromatic carboxylic acids is 1. The standard InChI is InChI=1S/C12H16N4O3/c1-3-4-9(2)15-12(19)13-5-6-16-7-10(11(17)18)14-8-16/h1,7-9H,4-6H2,2H3,(H,17,18)(H2,13,15,19). The number of aromatic nitrogens is 2. The molecule has 0 aliphatic rings. The van der Waals surface area contributed by atoms with E-state index in [1.807, 2.05) is 6.92 Å². The molecule has 1 aromatic rings. The predicted molar refractivity (Wildman–Crippen MR) is 68.6 cm³/mol. The summed E-state index contributed by atoms with van der Waals surface area (Å²) in [6.45, 7) is 2.62. The largest absolute Gasteiger partial charge is 0.476 e. The summed E-state index contributed by atoms with van der Waals surface area (Å²) >= 11 is 0. The first-order valence-corrected chi connectivity index (χ1v) is 5.76. The van der Waals surface area contributed by atoms with Crippen LogP contribution in [0, 0.1) is 12.3 Å². The number of carboxylic acid groups (broad SMARTS) is 1. The molecule has 1 unspecified atom stereocenters. The van der Waals surface area contributed by atoms with Crippen LogP contribution in [-0.2, 0) is 6.54 Å². The van der Waals surface area contributed by atoms with Crippen molar-refractivity contribution in [2.45, 2.75) is 25.9 Å². The lowest BCUT2D eigenvalue weighted by Gasteiger charge is -2.12. The summed E-state index contributed by atoms with van der Waals surface area (Å²) in [6.07, 6.45) is 8.41. The number of rotatable bonds is 6. The third kappa shape index (κ3) is 5.12. The van der Waals surface area contributed by atoms with Crippen LogP contribution in [0.3, 0.4) is 0 Å². The number of nitrogens with one attached hydrogen (secondary N) is 2. The van der Waals surface area contributed by atoms with Gasteiger partial charge in [-0.05, 0) is 6.92 Å². The molecule has 1 heterocycles. The average Bonchev–Trinajstić information content (AvgIpc) is 2.78. The fourth-order valence-corrected chi connectivity index (χ4v) is 1.39. The summed E-state index contributed by atoms with van der Waals surface area (Å²) < 4.78 is 1.59. The molecule has 7 nitrogen and oxygen atoms in total. The lowest BCUT2D eigenvalue weighted by molar-refractivity contribution is 0.0691. The maximum absolute atomic E-state index is 11.4. The zero-order valence-electron chi connectivity index (χ0n) is 10.6. The monoisotopic (exact) mass is 264 g/mol. The molecule has 0 spiro atoms. The van der Waals surface area contributed by atoms with E-state index in [1.165, 1.54) is 12.5 Å². The summed E-state index contributed by atoms with van der Waals surface area (Å²) in [7, 11) is 0. The minimum Gasteiger partial charge on any atom is -0.476 e. The summed E-state index contributed by atoms with van der Waals surface area (Å²) in [6, 6.07) is -0.391. The van der Waals surface area contributed by atoms with Gasteiger partial charge in [0.1, 0.15) is 0 Å². The van der Waals surface area contributed by atoms with E-state index in [9.17, 15) is 9.59 Å². The highest BCUT2D eigenvalue weighted by molar-refractivity contribution is 5.84. The SMILES string of the molecule is C#CCC(C)NC(=O)NCCn1cnc(C(=O)O)c1. The molecule has 0 radical (unpaired) electrons. The number of terminal acetylenes is 1. The van der Waals surface area contributed by atoms with Gasteiger partial charge in [0, 0.05) is 31.7 Å². The highest BCUT2D eigenvalue weighted by Crippen LogP contribution is 1.95. The molecular weight excluding hydrogens is 248 g/mol. The second-order valence-electron chi connectivity index (χ2n) is 4.01. The molecule has 0 fully saturated rings. The number of hydrogen-bond donors (Lipinski definition) is 3. The van der Waals surface area contributed by atoms with Crippen LogP contribution in [0.25, 0.3) is 0 Å². The second kappa shape index (κ2) is 7.06. The van der Waals surface area contributed by atoms with Crippen LogP contribution in [-0.4, -0.2) is 39.2 Å². The van der Waals surface area contributed by atoms with Crippen molar-refractivity contribution < 1.29 is 14.7 Å².